The van der Waals surface area contributed by atoms with E-state index < -0.39 is 0 Å². The number of nitrogens with two attached hydrogens (primary N) is 1. The summed E-state index contributed by atoms with van der Waals surface area (Å²) in [5.41, 5.74) is 7.17. The van der Waals surface area contributed by atoms with E-state index in [0.717, 1.165) is 25.6 Å². The van der Waals surface area contributed by atoms with Gasteiger partial charge in [0.25, 0.3) is 0 Å². The summed E-state index contributed by atoms with van der Waals surface area (Å²) in [5.74, 6) is 1.20. The maximum absolute atomic E-state index is 6.20. The number of thiophene rings is 1. The minimum Gasteiger partial charge on any atom is -0.383 e. The van der Waals surface area contributed by atoms with Crippen molar-refractivity contribution >= 4 is 53.4 Å². The zero-order chi connectivity index (χ0) is 14.4. The van der Waals surface area contributed by atoms with Gasteiger partial charge in [-0.3, -0.25) is 0 Å². The first kappa shape index (κ1) is 12.7. The maximum atomic E-state index is 6.20. The first-order valence-electron chi connectivity index (χ1n) is 6.43. The normalized spacial score (nSPS) is 11.3. The van der Waals surface area contributed by atoms with Crippen molar-refractivity contribution in [3.63, 3.8) is 0 Å². The molecule has 2 heterocycles. The second-order valence-corrected chi connectivity index (χ2v) is 6.67. The minimum atomic E-state index is 0.531. The van der Waals surface area contributed by atoms with Crippen LogP contribution >= 0.6 is 27.3 Å². The van der Waals surface area contributed by atoms with Crippen molar-refractivity contribution in [2.45, 2.75) is 0 Å². The molecule has 4 aromatic rings. The van der Waals surface area contributed by atoms with E-state index in [-0.39, 0.29) is 0 Å². The van der Waals surface area contributed by atoms with E-state index in [1.54, 1.807) is 11.3 Å². The zero-order valence-corrected chi connectivity index (χ0v) is 13.3. The van der Waals surface area contributed by atoms with E-state index in [0.29, 0.717) is 11.6 Å². The molecular weight excluding hydrogens is 346 g/mol. The molecule has 4 rings (SSSR count). The van der Waals surface area contributed by atoms with Gasteiger partial charge in [0.15, 0.2) is 5.82 Å². The van der Waals surface area contributed by atoms with E-state index in [2.05, 4.69) is 38.0 Å². The van der Waals surface area contributed by atoms with Crippen LogP contribution in [0.4, 0.5) is 5.82 Å². The molecule has 3 nitrogen and oxygen atoms in total. The summed E-state index contributed by atoms with van der Waals surface area (Å²) in [7, 11) is 0. The Morgan fingerprint density at radius 1 is 1.00 bits per heavy atom. The lowest BCUT2D eigenvalue weighted by atomic mass is 10.2. The van der Waals surface area contributed by atoms with Gasteiger partial charge in [0.05, 0.1) is 5.39 Å². The molecule has 0 aliphatic heterocycles. The molecule has 0 unspecified atom stereocenters. The quantitative estimate of drug-likeness (QED) is 0.530. The van der Waals surface area contributed by atoms with Crippen molar-refractivity contribution in [3.8, 4) is 11.4 Å². The Balaban J connectivity index is 2.05. The van der Waals surface area contributed by atoms with E-state index in [1.165, 1.54) is 4.70 Å². The molecular formula is C16H10BrN3S. The molecule has 0 bridgehead atoms. The molecule has 2 aromatic carbocycles. The van der Waals surface area contributed by atoms with Crippen LogP contribution < -0.4 is 5.73 Å². The maximum Gasteiger partial charge on any atom is 0.163 e. The van der Waals surface area contributed by atoms with Gasteiger partial charge in [-0.25, -0.2) is 9.97 Å². The number of aromatic nitrogens is 2. The number of nitrogen functional groups attached to an aromatic ring is 1. The van der Waals surface area contributed by atoms with Crippen molar-refractivity contribution in [1.82, 2.24) is 9.97 Å². The van der Waals surface area contributed by atoms with Crippen molar-refractivity contribution in [1.29, 1.82) is 0 Å². The van der Waals surface area contributed by atoms with E-state index in [9.17, 15) is 0 Å². The molecule has 0 saturated carbocycles. The summed E-state index contributed by atoms with van der Waals surface area (Å²) in [5, 5.41) is 2.04. The van der Waals surface area contributed by atoms with Crippen LogP contribution in [0.15, 0.2) is 53.0 Å². The summed E-state index contributed by atoms with van der Waals surface area (Å²) in [6, 6.07) is 16.1. The number of rotatable bonds is 1. The molecule has 0 fully saturated rings. The van der Waals surface area contributed by atoms with Crippen LogP contribution in [-0.2, 0) is 0 Å². The molecule has 0 aliphatic carbocycles. The summed E-state index contributed by atoms with van der Waals surface area (Å²) in [4.78, 5) is 10.1. The highest BCUT2D eigenvalue weighted by Gasteiger charge is 2.13. The standard InChI is InChI=1S/C16H10BrN3S/c17-10-6-7-12-11(8-10)13-14(18)19-15(20-16(13)21-12)9-4-2-1-3-5-9/h1-8H,(H2,18,19,20). The fourth-order valence-electron chi connectivity index (χ4n) is 2.39. The third kappa shape index (κ3) is 2.09. The van der Waals surface area contributed by atoms with Crippen LogP contribution in [0.2, 0.25) is 0 Å². The first-order chi connectivity index (χ1) is 10.2. The minimum absolute atomic E-state index is 0.531. The molecule has 2 aromatic heterocycles. The number of hydrogen-bond donors (Lipinski definition) is 1. The third-order valence-electron chi connectivity index (χ3n) is 3.35. The molecule has 0 saturated heterocycles. The first-order valence-corrected chi connectivity index (χ1v) is 8.04. The molecule has 0 atom stereocenters. The summed E-state index contributed by atoms with van der Waals surface area (Å²) < 4.78 is 2.20. The fraction of sp³-hybridized carbons (Fsp3) is 0. The number of nitrogens with zero attached hydrogens (tertiary/aromatic N) is 2. The predicted molar refractivity (Wildman–Crippen MR) is 92.5 cm³/mol. The van der Waals surface area contributed by atoms with Gasteiger partial charge >= 0.3 is 0 Å². The van der Waals surface area contributed by atoms with Gasteiger partial charge in [-0.1, -0.05) is 46.3 Å². The lowest BCUT2D eigenvalue weighted by Gasteiger charge is -2.02. The summed E-state index contributed by atoms with van der Waals surface area (Å²) in [6.07, 6.45) is 0. The van der Waals surface area contributed by atoms with Crippen molar-refractivity contribution in [2.75, 3.05) is 5.73 Å². The Bertz CT molecular complexity index is 964. The Kier molecular flexibility index (Phi) is 2.90. The van der Waals surface area contributed by atoms with Gasteiger partial charge in [0.1, 0.15) is 10.6 Å². The SMILES string of the molecule is Nc1nc(-c2ccccc2)nc2sc3ccc(Br)cc3c12. The van der Waals surface area contributed by atoms with Gasteiger partial charge in [-0.15, -0.1) is 11.3 Å². The molecule has 102 valence electrons. The van der Waals surface area contributed by atoms with E-state index in [4.69, 9.17) is 5.73 Å². The number of hydrogen-bond acceptors (Lipinski definition) is 4. The topological polar surface area (TPSA) is 51.8 Å². The average Bonchev–Trinajstić information content (AvgIpc) is 2.86. The lowest BCUT2D eigenvalue weighted by molar-refractivity contribution is 1.25. The highest BCUT2D eigenvalue weighted by Crippen LogP contribution is 2.37. The van der Waals surface area contributed by atoms with Crippen LogP contribution in [0, 0.1) is 0 Å². The fourth-order valence-corrected chi connectivity index (χ4v) is 3.82. The Morgan fingerprint density at radius 2 is 1.81 bits per heavy atom. The van der Waals surface area contributed by atoms with E-state index >= 15 is 0 Å². The van der Waals surface area contributed by atoms with Crippen LogP contribution in [0.3, 0.4) is 0 Å². The molecule has 21 heavy (non-hydrogen) atoms. The smallest absolute Gasteiger partial charge is 0.163 e. The van der Waals surface area contributed by atoms with Crippen LogP contribution in [0.5, 0.6) is 0 Å². The van der Waals surface area contributed by atoms with Gasteiger partial charge in [-0.05, 0) is 18.2 Å². The highest BCUT2D eigenvalue weighted by atomic mass is 79.9. The molecule has 0 amide bonds. The monoisotopic (exact) mass is 355 g/mol. The largest absolute Gasteiger partial charge is 0.383 e. The number of benzene rings is 2. The van der Waals surface area contributed by atoms with Crippen LogP contribution in [-0.4, -0.2) is 9.97 Å². The van der Waals surface area contributed by atoms with Gasteiger partial charge in [-0.2, -0.15) is 0 Å². The number of halogens is 1. The molecule has 5 heteroatoms. The van der Waals surface area contributed by atoms with Crippen molar-refractivity contribution < 1.29 is 0 Å². The second kappa shape index (κ2) is 4.79. The van der Waals surface area contributed by atoms with Gasteiger partial charge < -0.3 is 5.73 Å². The third-order valence-corrected chi connectivity index (χ3v) is 4.91. The molecule has 0 radical (unpaired) electrons. The summed E-state index contributed by atoms with van der Waals surface area (Å²) >= 11 is 5.14. The van der Waals surface area contributed by atoms with Crippen molar-refractivity contribution in [2.24, 2.45) is 0 Å². The average molecular weight is 356 g/mol. The Morgan fingerprint density at radius 3 is 2.62 bits per heavy atom. The predicted octanol–water partition coefficient (Wildman–Crippen LogP) is 4.86. The Labute approximate surface area is 133 Å². The zero-order valence-electron chi connectivity index (χ0n) is 10.9. The molecule has 0 aliphatic rings. The van der Waals surface area contributed by atoms with Gasteiger partial charge in [0.2, 0.25) is 0 Å². The second-order valence-electron chi connectivity index (χ2n) is 4.72. The molecule has 2 N–H and O–H groups in total. The van der Waals surface area contributed by atoms with Crippen molar-refractivity contribution in [3.05, 3.63) is 53.0 Å². The van der Waals surface area contributed by atoms with Crippen LogP contribution in [0.1, 0.15) is 0 Å². The lowest BCUT2D eigenvalue weighted by Crippen LogP contribution is -1.96. The van der Waals surface area contributed by atoms with Gasteiger partial charge in [0, 0.05) is 20.1 Å². The van der Waals surface area contributed by atoms with E-state index in [1.807, 2.05) is 36.4 Å². The molecule has 0 spiro atoms. The summed E-state index contributed by atoms with van der Waals surface area (Å²) in [6.45, 7) is 0. The Hall–Kier alpha value is -1.98. The number of fused-ring (bicyclic) bond motifs is 3. The highest BCUT2D eigenvalue weighted by molar-refractivity contribution is 9.10. The number of anilines is 1. The van der Waals surface area contributed by atoms with Crippen LogP contribution in [0.25, 0.3) is 31.7 Å².